The maximum absolute atomic E-state index is 9.82. The van der Waals surface area contributed by atoms with E-state index in [2.05, 4.69) is 0 Å². The summed E-state index contributed by atoms with van der Waals surface area (Å²) >= 11 is 0. The molecule has 3 N–H and O–H groups in total. The summed E-state index contributed by atoms with van der Waals surface area (Å²) in [4.78, 5) is 0. The fraction of sp³-hybridized carbons (Fsp3) is 0.455. The third-order valence-electron chi connectivity index (χ3n) is 2.20. The Hall–Kier alpha value is -1.22. The molecule has 0 atom stereocenters. The van der Waals surface area contributed by atoms with Gasteiger partial charge in [-0.2, -0.15) is 0 Å². The highest BCUT2D eigenvalue weighted by molar-refractivity contribution is 5.48. The van der Waals surface area contributed by atoms with Crippen LogP contribution in [0.25, 0.3) is 0 Å². The van der Waals surface area contributed by atoms with Crippen LogP contribution in [0.4, 0.5) is 0 Å². The largest absolute Gasteiger partial charge is 0.507 e. The number of phenols is 1. The van der Waals surface area contributed by atoms with Gasteiger partial charge in [-0.05, 0) is 38.5 Å². The number of hydrogen-bond donors (Lipinski definition) is 2. The predicted molar refractivity (Wildman–Crippen MR) is 56.6 cm³/mol. The minimum absolute atomic E-state index is 0.248. The first-order valence-electron chi connectivity index (χ1n) is 4.53. The van der Waals surface area contributed by atoms with Crippen molar-refractivity contribution in [3.63, 3.8) is 0 Å². The van der Waals surface area contributed by atoms with Crippen LogP contribution in [0.3, 0.4) is 0 Å². The van der Waals surface area contributed by atoms with E-state index in [0.29, 0.717) is 11.3 Å². The Morgan fingerprint density at radius 1 is 1.36 bits per heavy atom. The number of hydrogen-bond acceptors (Lipinski definition) is 3. The SMILES string of the molecule is COc1cc(C)c(O)c(C(C)(C)N)c1. The number of benzene rings is 1. The Bertz CT molecular complexity index is 340. The molecule has 0 bridgehead atoms. The lowest BCUT2D eigenvalue weighted by atomic mass is 9.92. The lowest BCUT2D eigenvalue weighted by Gasteiger charge is -2.22. The van der Waals surface area contributed by atoms with E-state index >= 15 is 0 Å². The van der Waals surface area contributed by atoms with E-state index in [4.69, 9.17) is 10.5 Å². The van der Waals surface area contributed by atoms with Crippen molar-refractivity contribution in [2.75, 3.05) is 7.11 Å². The van der Waals surface area contributed by atoms with Crippen LogP contribution in [0.15, 0.2) is 12.1 Å². The van der Waals surface area contributed by atoms with E-state index in [1.165, 1.54) is 0 Å². The van der Waals surface area contributed by atoms with Gasteiger partial charge in [0.1, 0.15) is 11.5 Å². The van der Waals surface area contributed by atoms with Gasteiger partial charge < -0.3 is 15.6 Å². The Balaban J connectivity index is 3.35. The molecule has 0 amide bonds. The first kappa shape index (κ1) is 10.9. The van der Waals surface area contributed by atoms with Gasteiger partial charge in [0.05, 0.1) is 7.11 Å². The van der Waals surface area contributed by atoms with Crippen molar-refractivity contribution in [2.24, 2.45) is 5.73 Å². The van der Waals surface area contributed by atoms with Gasteiger partial charge in [-0.3, -0.25) is 0 Å². The fourth-order valence-electron chi connectivity index (χ4n) is 1.36. The quantitative estimate of drug-likeness (QED) is 0.757. The highest BCUT2D eigenvalue weighted by Gasteiger charge is 2.20. The maximum atomic E-state index is 9.82. The second kappa shape index (κ2) is 3.50. The Labute approximate surface area is 84.5 Å². The number of ether oxygens (including phenoxy) is 1. The van der Waals surface area contributed by atoms with E-state index in [0.717, 1.165) is 5.56 Å². The van der Waals surface area contributed by atoms with Crippen LogP contribution in [0.5, 0.6) is 11.5 Å². The van der Waals surface area contributed by atoms with Crippen LogP contribution in [-0.4, -0.2) is 12.2 Å². The highest BCUT2D eigenvalue weighted by Crippen LogP contribution is 2.33. The molecule has 0 unspecified atom stereocenters. The number of methoxy groups -OCH3 is 1. The van der Waals surface area contributed by atoms with E-state index < -0.39 is 5.54 Å². The standard InChI is InChI=1S/C11H17NO2/c1-7-5-8(14-4)6-9(10(7)13)11(2,3)12/h5-6,13H,12H2,1-4H3. The lowest BCUT2D eigenvalue weighted by molar-refractivity contribution is 0.402. The number of aryl methyl sites for hydroxylation is 1. The van der Waals surface area contributed by atoms with Gasteiger partial charge in [0.15, 0.2) is 0 Å². The number of phenolic OH excluding ortho intramolecular Hbond substituents is 1. The first-order chi connectivity index (χ1) is 6.36. The molecule has 0 saturated heterocycles. The highest BCUT2D eigenvalue weighted by atomic mass is 16.5. The van der Waals surface area contributed by atoms with Gasteiger partial charge in [0.2, 0.25) is 0 Å². The molecule has 3 heteroatoms. The molecule has 78 valence electrons. The maximum Gasteiger partial charge on any atom is 0.123 e. The van der Waals surface area contributed by atoms with Crippen molar-refractivity contribution in [1.82, 2.24) is 0 Å². The fourth-order valence-corrected chi connectivity index (χ4v) is 1.36. The smallest absolute Gasteiger partial charge is 0.123 e. The Morgan fingerprint density at radius 3 is 2.36 bits per heavy atom. The van der Waals surface area contributed by atoms with Crippen LogP contribution in [-0.2, 0) is 5.54 Å². The summed E-state index contributed by atoms with van der Waals surface area (Å²) in [6.07, 6.45) is 0. The molecule has 1 aromatic rings. The average molecular weight is 195 g/mol. The predicted octanol–water partition coefficient (Wildman–Crippen LogP) is 1.90. The number of nitrogens with two attached hydrogens (primary N) is 1. The van der Waals surface area contributed by atoms with Crippen LogP contribution in [0, 0.1) is 6.92 Å². The summed E-state index contributed by atoms with van der Waals surface area (Å²) in [5, 5.41) is 9.82. The van der Waals surface area contributed by atoms with Crippen molar-refractivity contribution >= 4 is 0 Å². The molecule has 3 nitrogen and oxygen atoms in total. The summed E-state index contributed by atoms with van der Waals surface area (Å²) in [6, 6.07) is 3.55. The monoisotopic (exact) mass is 195 g/mol. The van der Waals surface area contributed by atoms with Gasteiger partial charge in [0.25, 0.3) is 0 Å². The minimum atomic E-state index is -0.566. The van der Waals surface area contributed by atoms with Gasteiger partial charge in [-0.25, -0.2) is 0 Å². The molecule has 0 spiro atoms. The van der Waals surface area contributed by atoms with Crippen LogP contribution >= 0.6 is 0 Å². The molecular weight excluding hydrogens is 178 g/mol. The van der Waals surface area contributed by atoms with Crippen molar-refractivity contribution < 1.29 is 9.84 Å². The van der Waals surface area contributed by atoms with E-state index in [1.54, 1.807) is 19.2 Å². The normalized spacial score (nSPS) is 11.5. The molecule has 1 rings (SSSR count). The summed E-state index contributed by atoms with van der Waals surface area (Å²) in [5.74, 6) is 0.965. The summed E-state index contributed by atoms with van der Waals surface area (Å²) < 4.78 is 5.12. The molecule has 0 aromatic heterocycles. The number of aromatic hydroxyl groups is 1. The molecule has 0 saturated carbocycles. The topological polar surface area (TPSA) is 55.5 Å². The van der Waals surface area contributed by atoms with Gasteiger partial charge in [0, 0.05) is 11.1 Å². The van der Waals surface area contributed by atoms with Crippen molar-refractivity contribution in [2.45, 2.75) is 26.3 Å². The van der Waals surface area contributed by atoms with E-state index in [1.807, 2.05) is 20.8 Å². The van der Waals surface area contributed by atoms with Gasteiger partial charge in [-0.15, -0.1) is 0 Å². The third kappa shape index (κ3) is 1.99. The molecule has 0 aliphatic heterocycles. The zero-order valence-corrected chi connectivity index (χ0v) is 9.09. The van der Waals surface area contributed by atoms with Gasteiger partial charge >= 0.3 is 0 Å². The van der Waals surface area contributed by atoms with Crippen molar-refractivity contribution in [1.29, 1.82) is 0 Å². The van der Waals surface area contributed by atoms with Crippen LogP contribution in [0.2, 0.25) is 0 Å². The summed E-state index contributed by atoms with van der Waals surface area (Å²) in [7, 11) is 1.60. The lowest BCUT2D eigenvalue weighted by Crippen LogP contribution is -2.28. The summed E-state index contributed by atoms with van der Waals surface area (Å²) in [5.41, 5.74) is 6.85. The van der Waals surface area contributed by atoms with Crippen molar-refractivity contribution in [3.05, 3.63) is 23.3 Å². The zero-order valence-electron chi connectivity index (χ0n) is 9.09. The van der Waals surface area contributed by atoms with Crippen molar-refractivity contribution in [3.8, 4) is 11.5 Å². The molecule has 0 aliphatic carbocycles. The summed E-state index contributed by atoms with van der Waals surface area (Å²) in [6.45, 7) is 5.52. The zero-order chi connectivity index (χ0) is 10.9. The molecule has 14 heavy (non-hydrogen) atoms. The van der Waals surface area contributed by atoms with E-state index in [-0.39, 0.29) is 5.75 Å². The average Bonchev–Trinajstić information content (AvgIpc) is 2.07. The second-order valence-corrected chi connectivity index (χ2v) is 4.06. The Morgan fingerprint density at radius 2 is 1.93 bits per heavy atom. The Kier molecular flexibility index (Phi) is 2.71. The third-order valence-corrected chi connectivity index (χ3v) is 2.20. The molecule has 1 aromatic carbocycles. The van der Waals surface area contributed by atoms with E-state index in [9.17, 15) is 5.11 Å². The first-order valence-corrected chi connectivity index (χ1v) is 4.53. The van der Waals surface area contributed by atoms with Crippen LogP contribution < -0.4 is 10.5 Å². The second-order valence-electron chi connectivity index (χ2n) is 4.06. The van der Waals surface area contributed by atoms with Gasteiger partial charge in [-0.1, -0.05) is 0 Å². The molecule has 0 aliphatic rings. The molecular formula is C11H17NO2. The minimum Gasteiger partial charge on any atom is -0.507 e. The number of rotatable bonds is 2. The molecule has 0 radical (unpaired) electrons. The molecule has 0 heterocycles. The molecule has 0 fully saturated rings. The van der Waals surface area contributed by atoms with Crippen LogP contribution in [0.1, 0.15) is 25.0 Å².